The van der Waals surface area contributed by atoms with Gasteiger partial charge in [0.2, 0.25) is 0 Å². The second-order valence-corrected chi connectivity index (χ2v) is 19.4. The molecule has 246 valence electrons. The van der Waals surface area contributed by atoms with Gasteiger partial charge in [0, 0.05) is 5.92 Å². The first kappa shape index (κ1) is 30.8. The molecule has 0 radical (unpaired) electrons. The van der Waals surface area contributed by atoms with Crippen LogP contribution in [0.5, 0.6) is 0 Å². The average molecular weight is 655 g/mol. The summed E-state index contributed by atoms with van der Waals surface area (Å²) in [7, 11) is -8.65. The van der Waals surface area contributed by atoms with E-state index in [0.29, 0.717) is 40.1 Å². The summed E-state index contributed by atoms with van der Waals surface area (Å²) in [5.41, 5.74) is 3.87. The van der Waals surface area contributed by atoms with E-state index < -0.39 is 32.3 Å². The molecule has 1 aromatic rings. The summed E-state index contributed by atoms with van der Waals surface area (Å²) < 4.78 is 70.5. The highest BCUT2D eigenvalue weighted by molar-refractivity contribution is 7.90. The maximum Gasteiger partial charge on any atom is 0.298 e. The molecule has 0 amide bonds. The van der Waals surface area contributed by atoms with E-state index >= 15 is 0 Å². The van der Waals surface area contributed by atoms with Gasteiger partial charge in [-0.25, -0.2) is 0 Å². The molecule has 1 N–H and O–H groups in total. The summed E-state index contributed by atoms with van der Waals surface area (Å²) in [4.78, 5) is 0.323. The van der Waals surface area contributed by atoms with Crippen molar-refractivity contribution in [2.24, 2.45) is 47.3 Å². The topological polar surface area (TPSA) is 97.7 Å². The summed E-state index contributed by atoms with van der Waals surface area (Å²) in [5, 5.41) is 0. The van der Waals surface area contributed by atoms with Crippen LogP contribution in [0.15, 0.2) is 39.7 Å². The summed E-state index contributed by atoms with van der Waals surface area (Å²) >= 11 is 0. The molecule has 0 aliphatic heterocycles. The summed E-state index contributed by atoms with van der Waals surface area (Å²) in [6.45, 7) is 5.47. The largest absolute Gasteiger partial charge is 0.298 e. The Kier molecular flexibility index (Phi) is 7.56. The predicted octanol–water partition coefficient (Wildman–Crippen LogP) is 8.48. The van der Waals surface area contributed by atoms with Crippen LogP contribution in [0.2, 0.25) is 0 Å². The summed E-state index contributed by atoms with van der Waals surface area (Å²) in [5.74, 6) is 4.27. The molecule has 7 aliphatic carbocycles. The van der Waals surface area contributed by atoms with Gasteiger partial charge in [0.1, 0.15) is 11.0 Å². The predicted molar refractivity (Wildman–Crippen MR) is 175 cm³/mol. The third-order valence-electron chi connectivity index (χ3n) is 13.6. The van der Waals surface area contributed by atoms with Gasteiger partial charge < -0.3 is 0 Å². The minimum absolute atomic E-state index is 0.136. The third kappa shape index (κ3) is 5.32. The van der Waals surface area contributed by atoms with Gasteiger partial charge in [0.05, 0.1) is 4.91 Å². The second kappa shape index (κ2) is 11.0. The third-order valence-corrected chi connectivity index (χ3v) is 15.9. The summed E-state index contributed by atoms with van der Waals surface area (Å²) in [6, 6.07) is 4.67. The number of fused-ring (bicyclic) bond motifs is 6. The highest BCUT2D eigenvalue weighted by Gasteiger charge is 2.48. The van der Waals surface area contributed by atoms with Crippen molar-refractivity contribution in [3.8, 4) is 0 Å². The lowest BCUT2D eigenvalue weighted by molar-refractivity contribution is 0.213. The maximum absolute atomic E-state index is 14.9. The van der Waals surface area contributed by atoms with Crippen molar-refractivity contribution in [1.29, 1.82) is 0 Å². The van der Waals surface area contributed by atoms with Crippen LogP contribution in [0.3, 0.4) is 0 Å². The van der Waals surface area contributed by atoms with Crippen molar-refractivity contribution in [1.82, 2.24) is 0 Å². The minimum atomic E-state index is -4.45. The van der Waals surface area contributed by atoms with E-state index in [1.165, 1.54) is 75.8 Å². The lowest BCUT2D eigenvalue weighted by Crippen LogP contribution is -2.30. The van der Waals surface area contributed by atoms with E-state index in [-0.39, 0.29) is 22.7 Å². The molecule has 6 saturated carbocycles. The Morgan fingerprint density at radius 3 is 1.60 bits per heavy atom. The van der Waals surface area contributed by atoms with Gasteiger partial charge in [0.25, 0.3) is 20.2 Å². The van der Waals surface area contributed by atoms with E-state index in [1.807, 2.05) is 13.8 Å². The molecule has 1 aromatic carbocycles. The first-order valence-electron chi connectivity index (χ1n) is 17.9. The molecule has 0 spiro atoms. The molecule has 45 heavy (non-hydrogen) atoms. The van der Waals surface area contributed by atoms with Crippen LogP contribution >= 0.6 is 0 Å². The van der Waals surface area contributed by atoms with E-state index in [1.54, 1.807) is 13.0 Å². The second-order valence-electron chi connectivity index (χ2n) is 16.5. The number of allylic oxidation sites excluding steroid dienone is 1. The van der Waals surface area contributed by atoms with Crippen LogP contribution in [0, 0.1) is 47.3 Å². The molecule has 10 unspecified atom stereocenters. The van der Waals surface area contributed by atoms with Crippen LogP contribution in [-0.4, -0.2) is 27.5 Å². The van der Waals surface area contributed by atoms with E-state index in [0.717, 1.165) is 35.8 Å². The van der Waals surface area contributed by atoms with Crippen molar-refractivity contribution >= 4 is 20.2 Å². The lowest BCUT2D eigenvalue weighted by atomic mass is 9.75. The molecule has 6 fully saturated rings. The van der Waals surface area contributed by atoms with Gasteiger partial charge in [0.15, 0.2) is 0 Å². The van der Waals surface area contributed by atoms with Gasteiger partial charge in [-0.15, -0.1) is 0 Å². The van der Waals surface area contributed by atoms with Gasteiger partial charge >= 0.3 is 0 Å². The molecule has 7 aliphatic rings. The normalized spacial score (nSPS) is 40.5. The van der Waals surface area contributed by atoms with Gasteiger partial charge in [-0.1, -0.05) is 58.2 Å². The monoisotopic (exact) mass is 654 g/mol. The Balaban J connectivity index is 1.25. The first-order chi connectivity index (χ1) is 21.4. The van der Waals surface area contributed by atoms with E-state index in [2.05, 4.69) is 12.1 Å². The van der Waals surface area contributed by atoms with E-state index in [9.17, 15) is 21.4 Å². The van der Waals surface area contributed by atoms with Crippen molar-refractivity contribution in [3.05, 3.63) is 51.5 Å². The Morgan fingerprint density at radius 2 is 1.20 bits per heavy atom. The van der Waals surface area contributed by atoms with Crippen molar-refractivity contribution < 1.29 is 25.6 Å². The molecular weight excluding hydrogens is 605 g/mol. The van der Waals surface area contributed by atoms with Crippen LogP contribution in [0.1, 0.15) is 132 Å². The van der Waals surface area contributed by atoms with Crippen molar-refractivity contribution in [2.45, 2.75) is 127 Å². The zero-order valence-corrected chi connectivity index (χ0v) is 28.7. The first-order valence-corrected chi connectivity index (χ1v) is 20.7. The Bertz CT molecular complexity index is 1610. The minimum Gasteiger partial charge on any atom is -0.282 e. The van der Waals surface area contributed by atoms with Crippen molar-refractivity contribution in [3.63, 3.8) is 0 Å². The quantitative estimate of drug-likeness (QED) is 0.223. The number of hydrogen-bond acceptors (Lipinski definition) is 5. The number of rotatable bonds is 8. The molecule has 11 atom stereocenters. The van der Waals surface area contributed by atoms with Crippen LogP contribution in [0.4, 0.5) is 0 Å². The zero-order chi connectivity index (χ0) is 31.4. The molecular formula is C37H50O6S2. The molecule has 8 heteroatoms. The summed E-state index contributed by atoms with van der Waals surface area (Å²) in [6.07, 6.45) is 16.9. The Labute approximate surface area is 270 Å². The lowest BCUT2D eigenvalue weighted by Gasteiger charge is -2.33. The van der Waals surface area contributed by atoms with Crippen LogP contribution in [0.25, 0.3) is 0 Å². The standard InChI is InChI=1S/C37H50O6S2/c1-20(2)29-19-35(21(3)10-36(29)44(38,39)40)43-45(41,42)37-33(31-15-23-5-8-26(31)12-23)17-28(30-14-22-4-7-25(30)11-22)18-34(37)32-16-24-6-9-27(32)13-24/h10,17-27,30-32,35H,4-9,11-16H2,1-3H3,(H,38,39,40)/t21?,22?,23?,24?,25?,26?,27?,30?,31-,32?,35?/m0/s1. The number of benzene rings is 1. The molecule has 0 saturated heterocycles. The van der Waals surface area contributed by atoms with Gasteiger partial charge in [-0.05, 0) is 145 Å². The Hall–Kier alpha value is -1.48. The highest BCUT2D eigenvalue weighted by atomic mass is 32.2. The van der Waals surface area contributed by atoms with Gasteiger partial charge in [-0.2, -0.15) is 16.8 Å². The van der Waals surface area contributed by atoms with Gasteiger partial charge in [-0.3, -0.25) is 8.74 Å². The SMILES string of the molecule is CC(C)C1=CC(OS(=O)(=O)c2c(C3CC4CCC3C4)cc(C3CC4CCC3C4)cc2[C@H]2CC3CCC2C3)C(C)C=C1S(=O)(=O)O. The highest BCUT2D eigenvalue weighted by Crippen LogP contribution is 2.60. The van der Waals surface area contributed by atoms with Crippen LogP contribution in [-0.2, 0) is 24.4 Å². The zero-order valence-electron chi connectivity index (χ0n) is 27.0. The average Bonchev–Trinajstić information content (AvgIpc) is 3.85. The number of hydrogen-bond donors (Lipinski definition) is 1. The maximum atomic E-state index is 14.9. The molecule has 0 aromatic heterocycles. The molecule has 0 heterocycles. The molecule has 6 nitrogen and oxygen atoms in total. The fraction of sp³-hybridized carbons (Fsp3) is 0.730. The fourth-order valence-corrected chi connectivity index (χ4v) is 14.1. The van der Waals surface area contributed by atoms with Crippen molar-refractivity contribution in [2.75, 3.05) is 0 Å². The fourth-order valence-electron chi connectivity index (χ4n) is 11.5. The molecule has 6 bridgehead atoms. The Morgan fingerprint density at radius 1 is 0.711 bits per heavy atom. The smallest absolute Gasteiger partial charge is 0.282 e. The molecule has 8 rings (SSSR count). The van der Waals surface area contributed by atoms with Crippen LogP contribution < -0.4 is 0 Å². The van der Waals surface area contributed by atoms with E-state index in [4.69, 9.17) is 4.18 Å².